The Hall–Kier alpha value is -4.08. The number of nitrogens with zero attached hydrogens (tertiary/aromatic N) is 1. The summed E-state index contributed by atoms with van der Waals surface area (Å²) >= 11 is 1.41. The fraction of sp³-hybridized carbons (Fsp3) is 0.172. The Balaban J connectivity index is 1.83. The molecule has 0 spiro atoms. The number of aromatic nitrogens is 1. The van der Waals surface area contributed by atoms with Crippen molar-refractivity contribution in [1.29, 1.82) is 0 Å². The Kier molecular flexibility index (Phi) is 4.91. The first-order valence-electron chi connectivity index (χ1n) is 11.7. The Morgan fingerprint density at radius 1 is 0.886 bits per heavy atom. The van der Waals surface area contributed by atoms with Crippen molar-refractivity contribution in [1.82, 2.24) is 4.57 Å². The third-order valence-corrected chi connectivity index (χ3v) is 7.61. The van der Waals surface area contributed by atoms with Crippen molar-refractivity contribution in [2.75, 3.05) is 5.73 Å². The second-order valence-electron chi connectivity index (χ2n) is 8.71. The van der Waals surface area contributed by atoms with E-state index in [2.05, 4.69) is 11.8 Å². The van der Waals surface area contributed by atoms with Crippen LogP contribution in [0, 0.1) is 11.8 Å². The summed E-state index contributed by atoms with van der Waals surface area (Å²) in [6.07, 6.45) is 1.40. The van der Waals surface area contributed by atoms with Crippen molar-refractivity contribution in [2.45, 2.75) is 32.7 Å². The highest BCUT2D eigenvalue weighted by Crippen LogP contribution is 2.38. The number of pyridine rings is 1. The molecule has 5 nitrogen and oxygen atoms in total. The Morgan fingerprint density at radius 3 is 2.37 bits per heavy atom. The first-order chi connectivity index (χ1) is 17.0. The van der Waals surface area contributed by atoms with Crippen molar-refractivity contribution in [2.24, 2.45) is 0 Å². The van der Waals surface area contributed by atoms with Gasteiger partial charge in [0.1, 0.15) is 5.58 Å². The maximum Gasteiger partial charge on any atom is 0.261 e. The van der Waals surface area contributed by atoms with E-state index in [1.165, 1.54) is 15.9 Å². The molecule has 6 aromatic rings. The molecular formula is C29H22N2O3S. The lowest BCUT2D eigenvalue weighted by molar-refractivity contribution is 0.451. The minimum absolute atomic E-state index is 0.161. The van der Waals surface area contributed by atoms with Crippen LogP contribution in [0.2, 0.25) is 0 Å². The summed E-state index contributed by atoms with van der Waals surface area (Å²) < 4.78 is 7.80. The number of hydrogen-bond acceptors (Lipinski definition) is 5. The van der Waals surface area contributed by atoms with Gasteiger partial charge in [-0.3, -0.25) is 14.2 Å². The van der Waals surface area contributed by atoms with Crippen molar-refractivity contribution in [3.8, 4) is 11.8 Å². The van der Waals surface area contributed by atoms with Crippen LogP contribution in [0.1, 0.15) is 43.2 Å². The first-order valence-corrected chi connectivity index (χ1v) is 12.5. The van der Waals surface area contributed by atoms with Gasteiger partial charge in [0.15, 0.2) is 5.58 Å². The van der Waals surface area contributed by atoms with E-state index in [-0.39, 0.29) is 17.2 Å². The van der Waals surface area contributed by atoms with Crippen LogP contribution < -0.4 is 16.9 Å². The van der Waals surface area contributed by atoms with Crippen LogP contribution in [-0.4, -0.2) is 4.57 Å². The molecule has 0 saturated heterocycles. The van der Waals surface area contributed by atoms with Crippen LogP contribution in [0.15, 0.2) is 68.6 Å². The third-order valence-electron chi connectivity index (χ3n) is 6.78. The number of fused-ring (bicyclic) bond motifs is 2. The molecule has 0 bridgehead atoms. The van der Waals surface area contributed by atoms with Gasteiger partial charge in [0.05, 0.1) is 20.8 Å². The van der Waals surface area contributed by atoms with Crippen LogP contribution in [0.5, 0.6) is 0 Å². The zero-order valence-electron chi connectivity index (χ0n) is 19.3. The average Bonchev–Trinajstić information content (AvgIpc) is 3.30. The van der Waals surface area contributed by atoms with Crippen molar-refractivity contribution in [3.63, 3.8) is 0 Å². The number of hydrogen-bond donors (Lipinski definition) is 1. The third kappa shape index (κ3) is 3.16. The molecule has 2 N–H and O–H groups in total. The summed E-state index contributed by atoms with van der Waals surface area (Å²) in [5, 5.41) is 4.98. The van der Waals surface area contributed by atoms with Crippen molar-refractivity contribution >= 4 is 59.8 Å². The van der Waals surface area contributed by atoms with Gasteiger partial charge in [-0.05, 0) is 48.6 Å². The molecule has 0 aliphatic rings. The second-order valence-corrected chi connectivity index (χ2v) is 9.83. The topological polar surface area (TPSA) is 78.2 Å². The van der Waals surface area contributed by atoms with E-state index in [1.54, 1.807) is 6.07 Å². The van der Waals surface area contributed by atoms with Gasteiger partial charge in [-0.1, -0.05) is 50.0 Å². The lowest BCUT2D eigenvalue weighted by atomic mass is 9.94. The maximum absolute atomic E-state index is 13.8. The summed E-state index contributed by atoms with van der Waals surface area (Å²) in [6, 6.07) is 16.9. The Morgan fingerprint density at radius 2 is 1.63 bits per heavy atom. The summed E-state index contributed by atoms with van der Waals surface area (Å²) in [7, 11) is 0. The molecule has 6 heteroatoms. The van der Waals surface area contributed by atoms with Crippen LogP contribution in [-0.2, 0) is 0 Å². The standard InChI is InChI=1S/C29H22N2O3S/c1-3-17(4-2)31-28(32)21-13-12-20-19-7-5-6-8-23(19)34-27-16(9-10-18-11-14-24(30)35-18)15-22(29(31)33)25(21)26(20)27/h5-8,11-15,17H,3-4,30H2,1-2H3. The van der Waals surface area contributed by atoms with Gasteiger partial charge in [-0.15, -0.1) is 11.3 Å². The molecule has 3 heterocycles. The fourth-order valence-electron chi connectivity index (χ4n) is 5.08. The van der Waals surface area contributed by atoms with E-state index < -0.39 is 0 Å². The van der Waals surface area contributed by atoms with Gasteiger partial charge in [-0.2, -0.15) is 0 Å². The van der Waals surface area contributed by atoms with E-state index in [9.17, 15) is 9.59 Å². The Labute approximate surface area is 204 Å². The quantitative estimate of drug-likeness (QED) is 0.185. The molecule has 35 heavy (non-hydrogen) atoms. The van der Waals surface area contributed by atoms with Crippen LogP contribution in [0.25, 0.3) is 43.5 Å². The largest absolute Gasteiger partial charge is 0.455 e. The SMILES string of the molecule is CCC(CC)n1c(=O)c2ccc3c4ccccc4oc4c(C#Cc5ccc(N)s5)cc(c1=O)c2c43. The number of para-hydroxylation sites is 1. The summed E-state index contributed by atoms with van der Waals surface area (Å²) in [4.78, 5) is 28.2. The van der Waals surface area contributed by atoms with Gasteiger partial charge in [0.2, 0.25) is 0 Å². The highest BCUT2D eigenvalue weighted by molar-refractivity contribution is 7.16. The number of nitrogen functional groups attached to an aromatic ring is 1. The lowest BCUT2D eigenvalue weighted by Crippen LogP contribution is -2.36. The van der Waals surface area contributed by atoms with Crippen LogP contribution in [0.3, 0.4) is 0 Å². The van der Waals surface area contributed by atoms with E-state index in [0.29, 0.717) is 45.1 Å². The minimum Gasteiger partial charge on any atom is -0.455 e. The average molecular weight is 479 g/mol. The number of anilines is 1. The first kappa shape index (κ1) is 21.5. The maximum atomic E-state index is 13.8. The van der Waals surface area contributed by atoms with Gasteiger partial charge < -0.3 is 10.2 Å². The zero-order valence-corrected chi connectivity index (χ0v) is 20.2. The predicted octanol–water partition coefficient (Wildman–Crippen LogP) is 6.26. The van der Waals surface area contributed by atoms with Crippen LogP contribution in [0.4, 0.5) is 5.00 Å². The molecule has 3 aromatic carbocycles. The zero-order chi connectivity index (χ0) is 24.3. The molecule has 0 radical (unpaired) electrons. The molecule has 0 aliphatic carbocycles. The highest BCUT2D eigenvalue weighted by atomic mass is 32.1. The lowest BCUT2D eigenvalue weighted by Gasteiger charge is -2.19. The van der Waals surface area contributed by atoms with Gasteiger partial charge in [-0.25, -0.2) is 0 Å². The normalized spacial score (nSPS) is 11.7. The minimum atomic E-state index is -0.276. The molecule has 0 aliphatic heterocycles. The summed E-state index contributed by atoms with van der Waals surface area (Å²) in [5.41, 5.74) is 7.26. The molecule has 0 fully saturated rings. The molecule has 6 rings (SSSR count). The molecule has 0 saturated carbocycles. The van der Waals surface area contributed by atoms with Crippen molar-refractivity contribution < 1.29 is 4.42 Å². The van der Waals surface area contributed by atoms with Gasteiger partial charge >= 0.3 is 0 Å². The number of thiophene rings is 1. The van der Waals surface area contributed by atoms with Crippen LogP contribution >= 0.6 is 11.3 Å². The monoisotopic (exact) mass is 478 g/mol. The Bertz CT molecular complexity index is 1940. The second kappa shape index (κ2) is 8.00. The highest BCUT2D eigenvalue weighted by Gasteiger charge is 2.23. The molecular weight excluding hydrogens is 456 g/mol. The molecule has 0 atom stereocenters. The van der Waals surface area contributed by atoms with Crippen molar-refractivity contribution in [3.05, 3.63) is 85.7 Å². The van der Waals surface area contributed by atoms with E-state index in [1.807, 2.05) is 62.4 Å². The predicted molar refractivity (Wildman–Crippen MR) is 145 cm³/mol. The summed E-state index contributed by atoms with van der Waals surface area (Å²) in [5.74, 6) is 6.39. The van der Waals surface area contributed by atoms with E-state index in [0.717, 1.165) is 26.6 Å². The summed E-state index contributed by atoms with van der Waals surface area (Å²) in [6.45, 7) is 4.00. The van der Waals surface area contributed by atoms with E-state index in [4.69, 9.17) is 10.2 Å². The smallest absolute Gasteiger partial charge is 0.261 e. The molecule has 0 amide bonds. The number of rotatable bonds is 3. The fourth-order valence-corrected chi connectivity index (χ4v) is 5.71. The number of benzene rings is 3. The van der Waals surface area contributed by atoms with Gasteiger partial charge in [0.25, 0.3) is 11.1 Å². The molecule has 3 aromatic heterocycles. The molecule has 0 unspecified atom stereocenters. The van der Waals surface area contributed by atoms with E-state index >= 15 is 0 Å². The van der Waals surface area contributed by atoms with Gasteiger partial charge in [0, 0.05) is 27.6 Å². The number of nitrogens with two attached hydrogens (primary N) is 1. The molecule has 172 valence electrons.